The first-order valence-electron chi connectivity index (χ1n) is 13.0. The molecule has 9 nitrogen and oxygen atoms in total. The number of H-pyrrole nitrogens is 1. The van der Waals surface area contributed by atoms with Gasteiger partial charge in [0, 0.05) is 60.7 Å². The standard InChI is InChI=1S/C29H25ClF3N7O2/c30-23-10-18(5-6-20(23)28(42)38-13-25(41)40-14-17(35)15-40)39-24-4-2-1-3-19-22(12-36-26(19)24)21-9-16(7-8-34)11-37-27(21)29(31,32)33/h1-6,9-10,12,16-17,36H,7,11,13-15,35H2,(H,38,42). The van der Waals surface area contributed by atoms with E-state index >= 15 is 0 Å². The number of nitrogens with zero attached hydrogens (tertiary/aromatic N) is 4. The lowest BCUT2D eigenvalue weighted by molar-refractivity contribution is -0.134. The van der Waals surface area contributed by atoms with Crippen molar-refractivity contribution in [3.05, 3.63) is 76.2 Å². The molecule has 0 bridgehead atoms. The lowest BCUT2D eigenvalue weighted by Gasteiger charge is -2.36. The number of allylic oxidation sites excluding steroid dienone is 1. The number of carbonyl (C=O) groups is 2. The van der Waals surface area contributed by atoms with Crippen LogP contribution in [0, 0.1) is 17.2 Å². The van der Waals surface area contributed by atoms with Gasteiger partial charge < -0.3 is 20.9 Å². The van der Waals surface area contributed by atoms with E-state index in [1.807, 2.05) is 6.07 Å². The molecule has 13 heteroatoms. The second kappa shape index (κ2) is 11.8. The van der Waals surface area contributed by atoms with E-state index in [0.29, 0.717) is 35.0 Å². The summed E-state index contributed by atoms with van der Waals surface area (Å²) >= 11 is 6.38. The average molecular weight is 596 g/mol. The molecule has 1 unspecified atom stereocenters. The summed E-state index contributed by atoms with van der Waals surface area (Å²) in [6.45, 7) is 0.612. The van der Waals surface area contributed by atoms with Crippen molar-refractivity contribution in [2.75, 3.05) is 26.2 Å². The van der Waals surface area contributed by atoms with Gasteiger partial charge in [0.2, 0.25) is 5.91 Å². The van der Waals surface area contributed by atoms with Gasteiger partial charge >= 0.3 is 6.18 Å². The van der Waals surface area contributed by atoms with Crippen LogP contribution in [0.4, 0.5) is 18.9 Å². The van der Waals surface area contributed by atoms with Crippen LogP contribution in [0.5, 0.6) is 0 Å². The Balaban J connectivity index is 1.45. The molecule has 1 atom stereocenters. The zero-order valence-electron chi connectivity index (χ0n) is 22.1. The Labute approximate surface area is 243 Å². The van der Waals surface area contributed by atoms with Crippen molar-refractivity contribution in [2.45, 2.75) is 18.6 Å². The number of fused-ring (bicyclic) bond motifs is 1. The predicted octanol–water partition coefficient (Wildman–Crippen LogP) is 3.88. The molecular formula is C29H25ClF3N7O2. The van der Waals surface area contributed by atoms with E-state index in [2.05, 4.69) is 20.3 Å². The van der Waals surface area contributed by atoms with Gasteiger partial charge in [-0.1, -0.05) is 35.9 Å². The van der Waals surface area contributed by atoms with Gasteiger partial charge in [-0.25, -0.2) is 4.99 Å². The lowest BCUT2D eigenvalue weighted by atomic mass is 9.91. The van der Waals surface area contributed by atoms with E-state index in [1.54, 1.807) is 35.2 Å². The van der Waals surface area contributed by atoms with E-state index in [4.69, 9.17) is 22.6 Å². The maximum Gasteiger partial charge on any atom is 0.433 e. The van der Waals surface area contributed by atoms with Crippen molar-refractivity contribution in [1.29, 1.82) is 5.26 Å². The molecule has 0 saturated carbocycles. The first kappa shape index (κ1) is 29.0. The molecule has 1 aromatic heterocycles. The third-order valence-corrected chi connectivity index (χ3v) is 7.28. The third kappa shape index (κ3) is 6.07. The number of rotatable bonds is 6. The van der Waals surface area contributed by atoms with Gasteiger partial charge in [0.1, 0.15) is 5.71 Å². The smallest absolute Gasteiger partial charge is 0.359 e. The van der Waals surface area contributed by atoms with Crippen LogP contribution in [0.25, 0.3) is 16.5 Å². The fourth-order valence-electron chi connectivity index (χ4n) is 4.85. The Morgan fingerprint density at radius 2 is 2.00 bits per heavy atom. The Hall–Kier alpha value is -4.47. The first-order chi connectivity index (χ1) is 20.0. The zero-order valence-corrected chi connectivity index (χ0v) is 22.8. The summed E-state index contributed by atoms with van der Waals surface area (Å²) in [5.74, 6) is -1.20. The fraction of sp³-hybridized carbons (Fsp3) is 0.276. The molecule has 42 heavy (non-hydrogen) atoms. The summed E-state index contributed by atoms with van der Waals surface area (Å²) in [6.07, 6.45) is -1.69. The quantitative estimate of drug-likeness (QED) is 0.398. The predicted molar refractivity (Wildman–Crippen MR) is 152 cm³/mol. The molecule has 1 saturated heterocycles. The number of hydrogen-bond acceptors (Lipinski definition) is 6. The van der Waals surface area contributed by atoms with E-state index < -0.39 is 23.7 Å². The molecule has 0 aliphatic carbocycles. The van der Waals surface area contributed by atoms with Gasteiger partial charge in [-0.05, 0) is 24.3 Å². The second-order valence-electron chi connectivity index (χ2n) is 10.0. The van der Waals surface area contributed by atoms with Crippen molar-refractivity contribution in [3.8, 4) is 6.07 Å². The highest BCUT2D eigenvalue weighted by Crippen LogP contribution is 2.35. The molecule has 0 spiro atoms. The summed E-state index contributed by atoms with van der Waals surface area (Å²) in [4.78, 5) is 37.8. The van der Waals surface area contributed by atoms with Crippen LogP contribution in [0.1, 0.15) is 22.3 Å². The highest BCUT2D eigenvalue weighted by atomic mass is 35.5. The van der Waals surface area contributed by atoms with Crippen LogP contribution in [-0.4, -0.2) is 65.8 Å². The molecule has 3 heterocycles. The summed E-state index contributed by atoms with van der Waals surface area (Å²) in [5.41, 5.74) is 5.92. The Kier molecular flexibility index (Phi) is 8.15. The molecule has 216 valence electrons. The van der Waals surface area contributed by atoms with Gasteiger partial charge in [-0.15, -0.1) is 0 Å². The largest absolute Gasteiger partial charge is 0.433 e. The number of benzene rings is 1. The van der Waals surface area contributed by atoms with Crippen molar-refractivity contribution in [3.63, 3.8) is 0 Å². The number of aliphatic imine (C=N–C) groups is 1. The van der Waals surface area contributed by atoms with Crippen molar-refractivity contribution < 1.29 is 22.8 Å². The van der Waals surface area contributed by atoms with Crippen LogP contribution < -0.4 is 16.4 Å². The van der Waals surface area contributed by atoms with Crippen molar-refractivity contribution in [2.24, 2.45) is 21.6 Å². The summed E-state index contributed by atoms with van der Waals surface area (Å²) < 4.78 is 41.7. The summed E-state index contributed by atoms with van der Waals surface area (Å²) in [7, 11) is 0. The topological polar surface area (TPSA) is 140 Å². The van der Waals surface area contributed by atoms with Crippen LogP contribution >= 0.6 is 11.6 Å². The summed E-state index contributed by atoms with van der Waals surface area (Å²) in [6, 6.07) is 13.3. The molecule has 2 aliphatic rings. The molecule has 1 fully saturated rings. The number of likely N-dealkylation sites (tertiary alicyclic amines) is 1. The second-order valence-corrected chi connectivity index (χ2v) is 10.4. The van der Waals surface area contributed by atoms with E-state index in [0.717, 1.165) is 0 Å². The number of dihydropyridines is 1. The van der Waals surface area contributed by atoms with E-state index in [9.17, 15) is 22.8 Å². The van der Waals surface area contributed by atoms with E-state index in [-0.39, 0.29) is 53.2 Å². The van der Waals surface area contributed by atoms with Gasteiger partial charge in [0.25, 0.3) is 5.91 Å². The van der Waals surface area contributed by atoms with Crippen molar-refractivity contribution in [1.82, 2.24) is 15.2 Å². The van der Waals surface area contributed by atoms with Gasteiger partial charge in [-0.2, -0.15) is 18.4 Å². The monoisotopic (exact) mass is 595 g/mol. The molecule has 2 aromatic carbocycles. The van der Waals surface area contributed by atoms with E-state index in [1.165, 1.54) is 24.4 Å². The maximum atomic E-state index is 13.9. The van der Waals surface area contributed by atoms with Crippen molar-refractivity contribution >= 4 is 51.3 Å². The number of nitrogens with two attached hydrogens (primary N) is 1. The third-order valence-electron chi connectivity index (χ3n) is 6.97. The highest BCUT2D eigenvalue weighted by molar-refractivity contribution is 6.34. The molecular weight excluding hydrogens is 571 g/mol. The number of nitrogens with one attached hydrogen (secondary N) is 2. The minimum atomic E-state index is -4.67. The van der Waals surface area contributed by atoms with Gasteiger partial charge in [-0.3, -0.25) is 14.6 Å². The number of nitriles is 1. The molecule has 2 aliphatic heterocycles. The minimum absolute atomic E-state index is 0.0432. The number of carbonyl (C=O) groups excluding carboxylic acids is 2. The highest BCUT2D eigenvalue weighted by Gasteiger charge is 2.40. The first-order valence-corrected chi connectivity index (χ1v) is 13.4. The maximum absolute atomic E-state index is 13.9. The molecule has 3 aromatic rings. The Morgan fingerprint density at radius 1 is 1.24 bits per heavy atom. The zero-order chi connectivity index (χ0) is 30.0. The summed E-state index contributed by atoms with van der Waals surface area (Å²) in [5, 5.41) is 12.6. The normalized spacial score (nSPS) is 17.8. The number of aromatic amines is 1. The number of halogens is 4. The number of aromatic nitrogens is 1. The van der Waals surface area contributed by atoms with Gasteiger partial charge in [0.05, 0.1) is 39.8 Å². The van der Waals surface area contributed by atoms with Crippen LogP contribution in [0.2, 0.25) is 5.02 Å². The molecule has 4 N–H and O–H groups in total. The van der Waals surface area contributed by atoms with Crippen LogP contribution in [-0.2, 0) is 4.79 Å². The van der Waals surface area contributed by atoms with Gasteiger partial charge in [0.15, 0.2) is 0 Å². The number of alkyl halides is 3. The molecule has 0 radical (unpaired) electrons. The number of hydrogen-bond donors (Lipinski definition) is 3. The SMILES string of the molecule is N#CCC1C=C(c2c[nH]c3c(=Nc4ccc(C(=O)NCC(=O)N5CC(N)C5)c(Cl)c4)ccccc23)C(C(F)(F)F)=NC1. The molecule has 5 rings (SSSR count). The Bertz CT molecular complexity index is 1730. The van der Waals surface area contributed by atoms with Crippen LogP contribution in [0.15, 0.2) is 64.7 Å². The molecule has 2 amide bonds. The van der Waals surface area contributed by atoms with Crippen LogP contribution in [0.3, 0.4) is 0 Å². The minimum Gasteiger partial charge on any atom is -0.359 e. The fourth-order valence-corrected chi connectivity index (χ4v) is 5.12. The number of amides is 2. The Morgan fingerprint density at radius 3 is 2.69 bits per heavy atom. The lowest BCUT2D eigenvalue weighted by Crippen LogP contribution is -2.59. The average Bonchev–Trinajstić information content (AvgIpc) is 3.25.